The van der Waals surface area contributed by atoms with Gasteiger partial charge in [0.25, 0.3) is 0 Å². The minimum Gasteiger partial charge on any atom is -0.508 e. The molecule has 1 aliphatic rings. The molecule has 0 spiro atoms. The molecule has 1 aliphatic heterocycles. The summed E-state index contributed by atoms with van der Waals surface area (Å²) in [5.74, 6) is -0.301. The molecule has 1 heterocycles. The van der Waals surface area contributed by atoms with Crippen LogP contribution in [0.5, 0.6) is 11.5 Å². The van der Waals surface area contributed by atoms with Crippen LogP contribution in [0.25, 0.3) is 0 Å². The maximum absolute atomic E-state index is 12.1. The number of phenols is 2. The number of ketones is 1. The van der Waals surface area contributed by atoms with Crippen molar-refractivity contribution in [1.29, 1.82) is 0 Å². The Morgan fingerprint density at radius 2 is 2.00 bits per heavy atom. The molecule has 1 fully saturated rings. The number of phenolic OH excluding ortho intramolecular Hbond substituents is 2. The third-order valence-corrected chi connectivity index (χ3v) is 3.46. The molecular formula is C14H20N2O3. The molecule has 104 valence electrons. The van der Waals surface area contributed by atoms with E-state index in [2.05, 4.69) is 16.8 Å². The second kappa shape index (κ2) is 6.04. The van der Waals surface area contributed by atoms with Crippen LogP contribution in [0.1, 0.15) is 16.8 Å². The van der Waals surface area contributed by atoms with E-state index in [0.717, 1.165) is 32.6 Å². The van der Waals surface area contributed by atoms with E-state index >= 15 is 0 Å². The average Bonchev–Trinajstić information content (AvgIpc) is 2.54. The molecular weight excluding hydrogens is 244 g/mol. The van der Waals surface area contributed by atoms with Crippen molar-refractivity contribution in [1.82, 2.24) is 9.80 Å². The van der Waals surface area contributed by atoms with Gasteiger partial charge in [-0.15, -0.1) is 0 Å². The second-order valence-corrected chi connectivity index (χ2v) is 5.06. The van der Waals surface area contributed by atoms with Crippen LogP contribution < -0.4 is 0 Å². The number of likely N-dealkylation sites (N-methyl/N-ethyl adjacent to an activating group) is 1. The lowest BCUT2D eigenvalue weighted by Gasteiger charge is -2.19. The van der Waals surface area contributed by atoms with Crippen LogP contribution in [-0.2, 0) is 0 Å². The van der Waals surface area contributed by atoms with Crippen LogP contribution in [0.4, 0.5) is 0 Å². The molecule has 5 heteroatoms. The maximum Gasteiger partial charge on any atom is 0.180 e. The summed E-state index contributed by atoms with van der Waals surface area (Å²) in [7, 11) is 2.08. The van der Waals surface area contributed by atoms with Gasteiger partial charge >= 0.3 is 0 Å². The normalized spacial score (nSPS) is 18.2. The number of carbonyl (C=O) groups excluding carboxylic acids is 1. The minimum absolute atomic E-state index is 0.0366. The average molecular weight is 264 g/mol. The van der Waals surface area contributed by atoms with Crippen LogP contribution in [0.2, 0.25) is 0 Å². The molecule has 1 aromatic carbocycles. The van der Waals surface area contributed by atoms with E-state index in [9.17, 15) is 15.0 Å². The summed E-state index contributed by atoms with van der Waals surface area (Å²) in [5.41, 5.74) is 0.274. The molecule has 0 aromatic heterocycles. The fraction of sp³-hybridized carbons (Fsp3) is 0.500. The highest BCUT2D eigenvalue weighted by Gasteiger charge is 2.18. The lowest BCUT2D eigenvalue weighted by atomic mass is 10.1. The van der Waals surface area contributed by atoms with Gasteiger partial charge in [-0.1, -0.05) is 0 Å². The molecule has 1 saturated heterocycles. The van der Waals surface area contributed by atoms with Crippen molar-refractivity contribution in [2.75, 3.05) is 39.8 Å². The fourth-order valence-corrected chi connectivity index (χ4v) is 2.30. The van der Waals surface area contributed by atoms with Gasteiger partial charge in [0.2, 0.25) is 0 Å². The largest absolute Gasteiger partial charge is 0.508 e. The van der Waals surface area contributed by atoms with E-state index in [-0.39, 0.29) is 22.8 Å². The maximum atomic E-state index is 12.1. The summed E-state index contributed by atoms with van der Waals surface area (Å²) in [6, 6.07) is 4.09. The summed E-state index contributed by atoms with van der Waals surface area (Å²) in [6.45, 7) is 4.08. The Hall–Kier alpha value is -1.59. The highest BCUT2D eigenvalue weighted by molar-refractivity contribution is 6.00. The van der Waals surface area contributed by atoms with Gasteiger partial charge in [0.05, 0.1) is 12.1 Å². The molecule has 0 unspecified atom stereocenters. The van der Waals surface area contributed by atoms with Gasteiger partial charge in [-0.3, -0.25) is 9.69 Å². The van der Waals surface area contributed by atoms with Gasteiger partial charge in [-0.05, 0) is 38.7 Å². The third-order valence-electron chi connectivity index (χ3n) is 3.46. The zero-order valence-corrected chi connectivity index (χ0v) is 11.2. The van der Waals surface area contributed by atoms with Gasteiger partial charge in [0, 0.05) is 19.2 Å². The number of benzene rings is 1. The van der Waals surface area contributed by atoms with Crippen LogP contribution >= 0.6 is 0 Å². The summed E-state index contributed by atoms with van der Waals surface area (Å²) >= 11 is 0. The summed E-state index contributed by atoms with van der Waals surface area (Å²) in [4.78, 5) is 16.5. The number of hydrogen-bond donors (Lipinski definition) is 2. The van der Waals surface area contributed by atoms with Crippen molar-refractivity contribution in [3.63, 3.8) is 0 Å². The third kappa shape index (κ3) is 3.68. The second-order valence-electron chi connectivity index (χ2n) is 5.06. The Bertz CT molecular complexity index is 462. The van der Waals surface area contributed by atoms with Crippen LogP contribution in [0, 0.1) is 0 Å². The lowest BCUT2D eigenvalue weighted by Crippen LogP contribution is -2.33. The topological polar surface area (TPSA) is 64.0 Å². The Kier molecular flexibility index (Phi) is 4.39. The molecule has 0 aliphatic carbocycles. The lowest BCUT2D eigenvalue weighted by molar-refractivity contribution is 0.0931. The molecule has 19 heavy (non-hydrogen) atoms. The first-order chi connectivity index (χ1) is 9.06. The zero-order valence-electron chi connectivity index (χ0n) is 11.2. The van der Waals surface area contributed by atoms with Crippen molar-refractivity contribution < 1.29 is 15.0 Å². The molecule has 0 atom stereocenters. The molecule has 0 radical (unpaired) electrons. The summed E-state index contributed by atoms with van der Waals surface area (Å²) < 4.78 is 0. The van der Waals surface area contributed by atoms with E-state index < -0.39 is 0 Å². The predicted octanol–water partition coefficient (Wildman–Crippen LogP) is 0.918. The minimum atomic E-state index is -0.156. The smallest absolute Gasteiger partial charge is 0.180 e. The van der Waals surface area contributed by atoms with Crippen molar-refractivity contribution in [3.8, 4) is 11.5 Å². The first-order valence-electron chi connectivity index (χ1n) is 6.52. The Morgan fingerprint density at radius 3 is 2.74 bits per heavy atom. The molecule has 1 aromatic rings. The SMILES string of the molecule is CN1CCCN(CC(=O)c2ccc(O)cc2O)CC1. The number of rotatable bonds is 3. The van der Waals surface area contributed by atoms with E-state index in [1.807, 2.05) is 0 Å². The molecule has 0 amide bonds. The van der Waals surface area contributed by atoms with E-state index in [1.54, 1.807) is 0 Å². The number of carbonyl (C=O) groups is 1. The Labute approximate surface area is 113 Å². The van der Waals surface area contributed by atoms with Crippen molar-refractivity contribution in [2.45, 2.75) is 6.42 Å². The highest BCUT2D eigenvalue weighted by atomic mass is 16.3. The van der Waals surface area contributed by atoms with Gasteiger partial charge in [0.15, 0.2) is 5.78 Å². The van der Waals surface area contributed by atoms with E-state index in [4.69, 9.17) is 0 Å². The van der Waals surface area contributed by atoms with Crippen molar-refractivity contribution >= 4 is 5.78 Å². The number of hydrogen-bond acceptors (Lipinski definition) is 5. The van der Waals surface area contributed by atoms with E-state index in [0.29, 0.717) is 6.54 Å². The Morgan fingerprint density at radius 1 is 1.21 bits per heavy atom. The fourth-order valence-electron chi connectivity index (χ4n) is 2.30. The molecule has 2 N–H and O–H groups in total. The van der Waals surface area contributed by atoms with Gasteiger partial charge in [-0.2, -0.15) is 0 Å². The molecule has 0 bridgehead atoms. The standard InChI is InChI=1S/C14H20N2O3/c1-15-5-2-6-16(8-7-15)10-14(19)12-4-3-11(17)9-13(12)18/h3-4,9,17-18H,2,5-8,10H2,1H3. The number of aromatic hydroxyl groups is 2. The van der Waals surface area contributed by atoms with Gasteiger partial charge < -0.3 is 15.1 Å². The van der Waals surface area contributed by atoms with Gasteiger partial charge in [0.1, 0.15) is 11.5 Å². The molecule has 5 nitrogen and oxygen atoms in total. The van der Waals surface area contributed by atoms with Crippen LogP contribution in [0.3, 0.4) is 0 Å². The van der Waals surface area contributed by atoms with Crippen LogP contribution in [-0.4, -0.2) is 65.6 Å². The quantitative estimate of drug-likeness (QED) is 0.795. The van der Waals surface area contributed by atoms with Crippen LogP contribution in [0.15, 0.2) is 18.2 Å². The Balaban J connectivity index is 2.00. The molecule has 0 saturated carbocycles. The summed E-state index contributed by atoms with van der Waals surface area (Å²) in [6.07, 6.45) is 1.05. The zero-order chi connectivity index (χ0) is 13.8. The predicted molar refractivity (Wildman–Crippen MR) is 72.7 cm³/mol. The number of nitrogens with zero attached hydrogens (tertiary/aromatic N) is 2. The molecule has 2 rings (SSSR count). The van der Waals surface area contributed by atoms with E-state index in [1.165, 1.54) is 18.2 Å². The first kappa shape index (κ1) is 13.8. The highest BCUT2D eigenvalue weighted by Crippen LogP contribution is 2.23. The monoisotopic (exact) mass is 264 g/mol. The van der Waals surface area contributed by atoms with Gasteiger partial charge in [-0.25, -0.2) is 0 Å². The first-order valence-corrected chi connectivity index (χ1v) is 6.52. The summed E-state index contributed by atoms with van der Waals surface area (Å²) in [5, 5.41) is 18.9. The van der Waals surface area contributed by atoms with Crippen molar-refractivity contribution in [3.05, 3.63) is 23.8 Å². The number of Topliss-reactive ketones (excluding diaryl/α,β-unsaturated/α-hetero) is 1. The van der Waals surface area contributed by atoms with Crippen molar-refractivity contribution in [2.24, 2.45) is 0 Å².